The molecular formula is C18H15F5N4O4. The number of carbonyl (C=O) groups is 2. The van der Waals surface area contributed by atoms with Gasteiger partial charge >= 0.3 is 18.1 Å². The first-order chi connectivity index (χ1) is 14.5. The van der Waals surface area contributed by atoms with Gasteiger partial charge in [0.2, 0.25) is 0 Å². The van der Waals surface area contributed by atoms with Gasteiger partial charge < -0.3 is 20.2 Å². The lowest BCUT2D eigenvalue weighted by molar-refractivity contribution is -0.192. The summed E-state index contributed by atoms with van der Waals surface area (Å²) in [5, 5.41) is 21.3. The van der Waals surface area contributed by atoms with Crippen molar-refractivity contribution in [1.29, 1.82) is 5.26 Å². The zero-order valence-corrected chi connectivity index (χ0v) is 15.5. The van der Waals surface area contributed by atoms with Gasteiger partial charge in [-0.25, -0.2) is 18.6 Å². The number of aromatic nitrogens is 1. The molecule has 1 aliphatic heterocycles. The highest BCUT2D eigenvalue weighted by Gasteiger charge is 2.38. The summed E-state index contributed by atoms with van der Waals surface area (Å²) in [5.74, 6) is -3.10. The van der Waals surface area contributed by atoms with E-state index < -0.39 is 36.6 Å². The van der Waals surface area contributed by atoms with E-state index in [9.17, 15) is 26.7 Å². The van der Waals surface area contributed by atoms with Crippen LogP contribution in [0.3, 0.4) is 0 Å². The highest BCUT2D eigenvalue weighted by molar-refractivity contribution is 5.90. The van der Waals surface area contributed by atoms with E-state index in [2.05, 4.69) is 15.6 Å². The molecule has 0 bridgehead atoms. The quantitative estimate of drug-likeness (QED) is 0.616. The summed E-state index contributed by atoms with van der Waals surface area (Å²) in [6.45, 7) is 0.276. The molecule has 1 saturated heterocycles. The Balaban J connectivity index is 0.000000423. The van der Waals surface area contributed by atoms with Crippen molar-refractivity contribution >= 4 is 11.9 Å². The molecule has 0 saturated carbocycles. The van der Waals surface area contributed by atoms with Gasteiger partial charge in [0.1, 0.15) is 0 Å². The third-order valence-electron chi connectivity index (χ3n) is 4.02. The number of rotatable bonds is 4. The summed E-state index contributed by atoms with van der Waals surface area (Å²) in [6, 6.07) is 7.42. The third kappa shape index (κ3) is 6.75. The molecule has 2 atom stereocenters. The molecule has 3 N–H and O–H groups in total. The SMILES string of the molecule is N#Cc1cccc(-c2cnc(C(=O)N[C@H]3CN[C@H](C(F)F)C3)o2)c1.O=C(O)C(F)(F)F. The largest absolute Gasteiger partial charge is 0.490 e. The number of carboxylic acids is 1. The fourth-order valence-corrected chi connectivity index (χ4v) is 2.57. The van der Waals surface area contributed by atoms with Crippen molar-refractivity contribution in [1.82, 2.24) is 15.6 Å². The lowest BCUT2D eigenvalue weighted by Crippen LogP contribution is -2.36. The first-order valence-corrected chi connectivity index (χ1v) is 8.60. The Morgan fingerprint density at radius 3 is 2.58 bits per heavy atom. The summed E-state index contributed by atoms with van der Waals surface area (Å²) in [7, 11) is 0. The van der Waals surface area contributed by atoms with Crippen LogP contribution in [0.15, 0.2) is 34.9 Å². The Bertz CT molecular complexity index is 970. The van der Waals surface area contributed by atoms with E-state index in [4.69, 9.17) is 19.6 Å². The number of amides is 1. The van der Waals surface area contributed by atoms with E-state index in [0.717, 1.165) is 0 Å². The topological polar surface area (TPSA) is 128 Å². The van der Waals surface area contributed by atoms with Gasteiger partial charge in [0.15, 0.2) is 5.76 Å². The maximum atomic E-state index is 12.6. The molecule has 0 unspecified atom stereocenters. The predicted octanol–water partition coefficient (Wildman–Crippen LogP) is 2.57. The fraction of sp³-hybridized carbons (Fsp3) is 0.333. The number of benzene rings is 1. The van der Waals surface area contributed by atoms with Crippen LogP contribution in [0.4, 0.5) is 22.0 Å². The molecule has 1 amide bonds. The molecule has 31 heavy (non-hydrogen) atoms. The minimum atomic E-state index is -5.08. The number of nitrogens with one attached hydrogen (secondary N) is 2. The zero-order chi connectivity index (χ0) is 23.2. The average Bonchev–Trinajstić information content (AvgIpc) is 3.37. The minimum absolute atomic E-state index is 0.146. The Labute approximate surface area is 171 Å². The second-order valence-corrected chi connectivity index (χ2v) is 6.28. The maximum absolute atomic E-state index is 12.6. The van der Waals surface area contributed by atoms with Gasteiger partial charge in [-0.1, -0.05) is 12.1 Å². The van der Waals surface area contributed by atoms with Gasteiger partial charge in [-0.3, -0.25) is 4.79 Å². The molecule has 8 nitrogen and oxygen atoms in total. The van der Waals surface area contributed by atoms with Crippen LogP contribution in [0.25, 0.3) is 11.3 Å². The summed E-state index contributed by atoms with van der Waals surface area (Å²) < 4.78 is 62.3. The number of nitriles is 1. The van der Waals surface area contributed by atoms with Crippen LogP contribution < -0.4 is 10.6 Å². The van der Waals surface area contributed by atoms with Crippen molar-refractivity contribution in [2.24, 2.45) is 0 Å². The number of nitrogens with zero attached hydrogens (tertiary/aromatic N) is 2. The first-order valence-electron chi connectivity index (χ1n) is 8.60. The van der Waals surface area contributed by atoms with Crippen molar-refractivity contribution in [3.63, 3.8) is 0 Å². The van der Waals surface area contributed by atoms with Crippen molar-refractivity contribution in [3.8, 4) is 17.4 Å². The molecule has 0 aliphatic carbocycles. The molecule has 0 radical (unpaired) electrons. The third-order valence-corrected chi connectivity index (χ3v) is 4.02. The average molecular weight is 446 g/mol. The summed E-state index contributed by atoms with van der Waals surface area (Å²) in [4.78, 5) is 24.9. The summed E-state index contributed by atoms with van der Waals surface area (Å²) in [5.41, 5.74) is 1.09. The van der Waals surface area contributed by atoms with Crippen LogP contribution in [-0.2, 0) is 4.79 Å². The zero-order valence-electron chi connectivity index (χ0n) is 15.5. The standard InChI is InChI=1S/C16H14F2N4O2.C2HF3O2/c17-14(18)12-5-11(7-20-12)22-15(23)16-21-8-13(24-16)10-3-1-2-9(4-10)6-19;3-2(4,5)1(6)7/h1-4,8,11-12,14,20H,5,7H2,(H,22,23);(H,6,7)/t11-,12+;/m1./s1. The number of carbonyl (C=O) groups excluding carboxylic acids is 1. The van der Waals surface area contributed by atoms with E-state index in [1.807, 2.05) is 6.07 Å². The van der Waals surface area contributed by atoms with Crippen molar-refractivity contribution in [2.45, 2.75) is 31.1 Å². The Kier molecular flexibility index (Phi) is 7.65. The van der Waals surface area contributed by atoms with Crippen LogP contribution in [0.2, 0.25) is 0 Å². The molecule has 1 aromatic heterocycles. The number of alkyl halides is 5. The molecule has 166 valence electrons. The lowest BCUT2D eigenvalue weighted by Gasteiger charge is -2.10. The van der Waals surface area contributed by atoms with Crippen LogP contribution in [0, 0.1) is 11.3 Å². The van der Waals surface area contributed by atoms with E-state index in [-0.39, 0.29) is 18.9 Å². The van der Waals surface area contributed by atoms with Gasteiger partial charge in [0.25, 0.3) is 12.3 Å². The fourth-order valence-electron chi connectivity index (χ4n) is 2.57. The molecule has 1 fully saturated rings. The van der Waals surface area contributed by atoms with Gasteiger partial charge in [0, 0.05) is 18.2 Å². The van der Waals surface area contributed by atoms with Crippen molar-refractivity contribution in [2.75, 3.05) is 6.54 Å². The maximum Gasteiger partial charge on any atom is 0.490 e. The first kappa shape index (κ1) is 23.7. The smallest absolute Gasteiger partial charge is 0.475 e. The summed E-state index contributed by atoms with van der Waals surface area (Å²) in [6.07, 6.45) is -6.01. The number of hydrogen-bond donors (Lipinski definition) is 3. The van der Waals surface area contributed by atoms with Crippen LogP contribution in [-0.4, -0.2) is 53.2 Å². The Hall–Kier alpha value is -3.53. The number of carboxylic acid groups (broad SMARTS) is 1. The molecule has 13 heteroatoms. The molecule has 2 heterocycles. The van der Waals surface area contributed by atoms with E-state index in [0.29, 0.717) is 16.9 Å². The molecule has 0 spiro atoms. The van der Waals surface area contributed by atoms with Crippen molar-refractivity contribution in [3.05, 3.63) is 41.9 Å². The lowest BCUT2D eigenvalue weighted by atomic mass is 10.1. The number of oxazole rings is 1. The Morgan fingerprint density at radius 1 is 1.35 bits per heavy atom. The highest BCUT2D eigenvalue weighted by Crippen LogP contribution is 2.22. The molecule has 1 aliphatic rings. The minimum Gasteiger partial charge on any atom is -0.475 e. The number of aliphatic carboxylic acids is 1. The Morgan fingerprint density at radius 2 is 2.03 bits per heavy atom. The van der Waals surface area contributed by atoms with Gasteiger partial charge in [-0.05, 0) is 18.6 Å². The summed E-state index contributed by atoms with van der Waals surface area (Å²) >= 11 is 0. The molecule has 2 aromatic rings. The highest BCUT2D eigenvalue weighted by atomic mass is 19.4. The molecule has 3 rings (SSSR count). The van der Waals surface area contributed by atoms with Crippen molar-refractivity contribution < 1.29 is 41.1 Å². The second kappa shape index (κ2) is 9.98. The van der Waals surface area contributed by atoms with Crippen LogP contribution in [0.5, 0.6) is 0 Å². The van der Waals surface area contributed by atoms with E-state index in [1.54, 1.807) is 24.3 Å². The number of hydrogen-bond acceptors (Lipinski definition) is 6. The molecular weight excluding hydrogens is 431 g/mol. The predicted molar refractivity (Wildman–Crippen MR) is 94.0 cm³/mol. The number of halogens is 5. The molecule has 1 aromatic carbocycles. The van der Waals surface area contributed by atoms with E-state index >= 15 is 0 Å². The monoisotopic (exact) mass is 446 g/mol. The van der Waals surface area contributed by atoms with Gasteiger partial charge in [0.05, 0.1) is 23.9 Å². The van der Waals surface area contributed by atoms with Gasteiger partial charge in [-0.2, -0.15) is 18.4 Å². The van der Waals surface area contributed by atoms with E-state index in [1.165, 1.54) is 6.20 Å². The normalized spacial score (nSPS) is 18.1. The van der Waals surface area contributed by atoms with Crippen LogP contribution in [0.1, 0.15) is 22.7 Å². The van der Waals surface area contributed by atoms with Crippen LogP contribution >= 0.6 is 0 Å². The van der Waals surface area contributed by atoms with Gasteiger partial charge in [-0.15, -0.1) is 0 Å². The second-order valence-electron chi connectivity index (χ2n) is 6.28.